The third-order valence-corrected chi connectivity index (χ3v) is 4.43. The molecule has 0 aromatic heterocycles. The molecule has 4 nitrogen and oxygen atoms in total. The van der Waals surface area contributed by atoms with Gasteiger partial charge in [0.1, 0.15) is 5.75 Å². The Morgan fingerprint density at radius 2 is 2.00 bits per heavy atom. The van der Waals surface area contributed by atoms with Crippen molar-refractivity contribution in [3.63, 3.8) is 0 Å². The number of halogens is 1. The molecule has 1 aliphatic rings. The quantitative estimate of drug-likeness (QED) is 0.554. The first kappa shape index (κ1) is 16.3. The largest absolute Gasteiger partial charge is 0.496 e. The Labute approximate surface area is 150 Å². The molecule has 0 unspecified atom stereocenters. The van der Waals surface area contributed by atoms with E-state index < -0.39 is 0 Å². The first-order valence-corrected chi connectivity index (χ1v) is 8.64. The van der Waals surface area contributed by atoms with Crippen LogP contribution < -0.4 is 9.64 Å². The van der Waals surface area contributed by atoms with Crippen LogP contribution in [0.5, 0.6) is 5.75 Å². The van der Waals surface area contributed by atoms with Gasteiger partial charge in [-0.25, -0.2) is 0 Å². The van der Waals surface area contributed by atoms with Crippen LogP contribution in [0, 0.1) is 3.57 Å². The third-order valence-electron chi connectivity index (χ3n) is 3.75. The summed E-state index contributed by atoms with van der Waals surface area (Å²) in [5, 5.41) is 0. The number of aliphatic imine (C=N–C) groups is 1. The number of hydrogen-bond acceptors (Lipinski definition) is 4. The van der Waals surface area contributed by atoms with E-state index in [9.17, 15) is 0 Å². The highest BCUT2D eigenvalue weighted by molar-refractivity contribution is 14.1. The van der Waals surface area contributed by atoms with E-state index in [1.54, 1.807) is 7.11 Å². The normalized spacial score (nSPS) is 15.1. The van der Waals surface area contributed by atoms with Crippen molar-refractivity contribution in [1.82, 2.24) is 0 Å². The van der Waals surface area contributed by atoms with Gasteiger partial charge in [0.2, 0.25) is 0 Å². The number of benzene rings is 2. The zero-order valence-electron chi connectivity index (χ0n) is 13.0. The van der Waals surface area contributed by atoms with E-state index in [1.807, 2.05) is 24.4 Å². The summed E-state index contributed by atoms with van der Waals surface area (Å²) < 4.78 is 12.1. The molecule has 2 aromatic rings. The smallest absolute Gasteiger partial charge is 0.129 e. The molecule has 0 radical (unpaired) electrons. The van der Waals surface area contributed by atoms with E-state index >= 15 is 0 Å². The second kappa shape index (κ2) is 7.79. The Hall–Kier alpha value is -1.60. The third kappa shape index (κ3) is 4.23. The van der Waals surface area contributed by atoms with Crippen LogP contribution in [0.3, 0.4) is 0 Å². The van der Waals surface area contributed by atoms with Gasteiger partial charge in [-0.1, -0.05) is 6.07 Å². The molecule has 0 atom stereocenters. The first-order valence-electron chi connectivity index (χ1n) is 7.56. The fraction of sp³-hybridized carbons (Fsp3) is 0.278. The van der Waals surface area contributed by atoms with Crippen LogP contribution in [-0.2, 0) is 4.74 Å². The second-order valence-corrected chi connectivity index (χ2v) is 6.51. The summed E-state index contributed by atoms with van der Waals surface area (Å²) in [6, 6.07) is 14.3. The summed E-state index contributed by atoms with van der Waals surface area (Å²) in [5.41, 5.74) is 3.08. The average molecular weight is 422 g/mol. The highest BCUT2D eigenvalue weighted by Gasteiger charge is 2.13. The van der Waals surface area contributed by atoms with Crippen molar-refractivity contribution in [2.24, 2.45) is 4.99 Å². The predicted octanol–water partition coefficient (Wildman–Crippen LogP) is 3.89. The number of rotatable bonds is 4. The number of nitrogens with zero attached hydrogens (tertiary/aromatic N) is 2. The molecule has 0 aliphatic carbocycles. The summed E-state index contributed by atoms with van der Waals surface area (Å²) in [7, 11) is 1.70. The van der Waals surface area contributed by atoms with Gasteiger partial charge in [-0.2, -0.15) is 0 Å². The maximum absolute atomic E-state index is 5.54. The predicted molar refractivity (Wildman–Crippen MR) is 102 cm³/mol. The van der Waals surface area contributed by atoms with E-state index in [0.29, 0.717) is 0 Å². The lowest BCUT2D eigenvalue weighted by Gasteiger charge is -2.29. The zero-order chi connectivity index (χ0) is 16.1. The molecule has 5 heteroatoms. The van der Waals surface area contributed by atoms with E-state index in [1.165, 1.54) is 3.57 Å². The van der Waals surface area contributed by atoms with Gasteiger partial charge in [0.15, 0.2) is 0 Å². The van der Waals surface area contributed by atoms with Crippen LogP contribution in [0.25, 0.3) is 0 Å². The van der Waals surface area contributed by atoms with Crippen molar-refractivity contribution in [1.29, 1.82) is 0 Å². The minimum absolute atomic E-state index is 0.776. The molecular weight excluding hydrogens is 403 g/mol. The number of hydrogen-bond donors (Lipinski definition) is 0. The van der Waals surface area contributed by atoms with Crippen molar-refractivity contribution in [2.75, 3.05) is 38.3 Å². The number of anilines is 1. The molecule has 1 fully saturated rings. The molecule has 2 aromatic carbocycles. The Bertz CT molecular complexity index is 697. The van der Waals surface area contributed by atoms with Crippen molar-refractivity contribution >= 4 is 40.2 Å². The second-order valence-electron chi connectivity index (χ2n) is 5.26. The van der Waals surface area contributed by atoms with Gasteiger partial charge in [-0.05, 0) is 52.9 Å². The number of morpholine rings is 1. The summed E-state index contributed by atoms with van der Waals surface area (Å²) >= 11 is 2.29. The van der Waals surface area contributed by atoms with Gasteiger partial charge in [-0.15, -0.1) is 0 Å². The molecule has 0 saturated carbocycles. The minimum atomic E-state index is 0.776. The van der Waals surface area contributed by atoms with Crippen LogP contribution >= 0.6 is 22.6 Å². The summed E-state index contributed by atoms with van der Waals surface area (Å²) in [4.78, 5) is 6.86. The molecule has 1 saturated heterocycles. The highest BCUT2D eigenvalue weighted by atomic mass is 127. The monoisotopic (exact) mass is 422 g/mol. The van der Waals surface area contributed by atoms with Crippen LogP contribution in [0.1, 0.15) is 5.56 Å². The van der Waals surface area contributed by atoms with Crippen LogP contribution in [-0.4, -0.2) is 39.6 Å². The van der Waals surface area contributed by atoms with Crippen molar-refractivity contribution in [3.05, 3.63) is 51.6 Å². The van der Waals surface area contributed by atoms with E-state index in [2.05, 4.69) is 56.7 Å². The van der Waals surface area contributed by atoms with Gasteiger partial charge >= 0.3 is 0 Å². The lowest BCUT2D eigenvalue weighted by atomic mass is 10.1. The van der Waals surface area contributed by atoms with Crippen LogP contribution in [0.2, 0.25) is 0 Å². The maximum atomic E-state index is 5.54. The summed E-state index contributed by atoms with van der Waals surface area (Å²) in [5.74, 6) is 0.836. The van der Waals surface area contributed by atoms with Gasteiger partial charge in [0.05, 0.1) is 26.0 Å². The Balaban J connectivity index is 1.82. The van der Waals surface area contributed by atoms with Crippen molar-refractivity contribution in [3.8, 4) is 5.75 Å². The molecule has 0 bridgehead atoms. The fourth-order valence-electron chi connectivity index (χ4n) is 2.53. The molecule has 0 amide bonds. The van der Waals surface area contributed by atoms with Gasteiger partial charge in [0, 0.05) is 40.2 Å². The highest BCUT2D eigenvalue weighted by Crippen LogP contribution is 2.26. The minimum Gasteiger partial charge on any atom is -0.496 e. The average Bonchev–Trinajstić information content (AvgIpc) is 2.60. The molecule has 3 rings (SSSR count). The van der Waals surface area contributed by atoms with Crippen molar-refractivity contribution in [2.45, 2.75) is 0 Å². The lowest BCUT2D eigenvalue weighted by Crippen LogP contribution is -2.36. The molecule has 23 heavy (non-hydrogen) atoms. The van der Waals surface area contributed by atoms with Crippen molar-refractivity contribution < 1.29 is 9.47 Å². The Morgan fingerprint density at radius 1 is 1.17 bits per heavy atom. The van der Waals surface area contributed by atoms with E-state index in [0.717, 1.165) is 49.0 Å². The van der Waals surface area contributed by atoms with Crippen LogP contribution in [0.15, 0.2) is 47.5 Å². The van der Waals surface area contributed by atoms with Gasteiger partial charge in [0.25, 0.3) is 0 Å². The van der Waals surface area contributed by atoms with Gasteiger partial charge in [-0.3, -0.25) is 4.99 Å². The SMILES string of the molecule is COc1cc(N2CCOCC2)ccc1C=Nc1cccc(I)c1. The number of methoxy groups -OCH3 is 1. The molecular formula is C18H19IN2O2. The van der Waals surface area contributed by atoms with E-state index in [-0.39, 0.29) is 0 Å². The first-order chi connectivity index (χ1) is 11.3. The standard InChI is InChI=1S/C18H19IN2O2/c1-22-18-12-17(21-7-9-23-10-8-21)6-5-14(18)13-20-16-4-2-3-15(19)11-16/h2-6,11-13H,7-10H2,1H3. The summed E-state index contributed by atoms with van der Waals surface area (Å²) in [6.07, 6.45) is 1.85. The summed E-state index contributed by atoms with van der Waals surface area (Å²) in [6.45, 7) is 3.38. The lowest BCUT2D eigenvalue weighted by molar-refractivity contribution is 0.122. The van der Waals surface area contributed by atoms with Gasteiger partial charge < -0.3 is 14.4 Å². The maximum Gasteiger partial charge on any atom is 0.129 e. The Morgan fingerprint density at radius 3 is 2.74 bits per heavy atom. The molecule has 0 N–H and O–H groups in total. The molecule has 1 aliphatic heterocycles. The molecule has 0 spiro atoms. The van der Waals surface area contributed by atoms with E-state index in [4.69, 9.17) is 9.47 Å². The number of ether oxygens (including phenoxy) is 2. The zero-order valence-corrected chi connectivity index (χ0v) is 15.2. The molecule has 1 heterocycles. The van der Waals surface area contributed by atoms with Crippen LogP contribution in [0.4, 0.5) is 11.4 Å². The Kier molecular flexibility index (Phi) is 5.51. The topological polar surface area (TPSA) is 34.1 Å². The molecule has 120 valence electrons. The fourth-order valence-corrected chi connectivity index (χ4v) is 3.05.